The lowest BCUT2D eigenvalue weighted by atomic mass is 10.1. The van der Waals surface area contributed by atoms with E-state index in [0.29, 0.717) is 10.8 Å². The molecule has 0 aliphatic heterocycles. The smallest absolute Gasteiger partial charge is 0.355 e. The van der Waals surface area contributed by atoms with Crippen LogP contribution in [0.15, 0.2) is 41.8 Å². The molecule has 0 radical (unpaired) electrons. The molecule has 0 fully saturated rings. The number of nitrogens with zero attached hydrogens (tertiary/aromatic N) is 2. The van der Waals surface area contributed by atoms with Crippen LogP contribution in [0.4, 0.5) is 0 Å². The van der Waals surface area contributed by atoms with Crippen LogP contribution in [0.1, 0.15) is 39.8 Å². The standard InChI is InChI=1S/C19H20N2O2S/c1-4-7-15-12-18(23-19(22)17-10-6-11-24-17)21(20-15)16-9-5-8-13(2)14(16)3/h5-6,8-12H,4,7H2,1-3H3. The number of ether oxygens (including phenoxy) is 1. The van der Waals surface area contributed by atoms with Crippen molar-refractivity contribution >= 4 is 17.3 Å². The number of thiophene rings is 1. The van der Waals surface area contributed by atoms with Crippen molar-refractivity contribution in [2.24, 2.45) is 0 Å². The van der Waals surface area contributed by atoms with E-state index >= 15 is 0 Å². The van der Waals surface area contributed by atoms with Crippen molar-refractivity contribution in [3.63, 3.8) is 0 Å². The molecule has 3 rings (SSSR count). The molecule has 4 nitrogen and oxygen atoms in total. The molecule has 2 aromatic heterocycles. The molecule has 0 atom stereocenters. The van der Waals surface area contributed by atoms with Gasteiger partial charge in [-0.2, -0.15) is 5.10 Å². The molecular weight excluding hydrogens is 320 g/mol. The van der Waals surface area contributed by atoms with Gasteiger partial charge in [-0.15, -0.1) is 11.3 Å². The summed E-state index contributed by atoms with van der Waals surface area (Å²) < 4.78 is 7.37. The predicted molar refractivity (Wildman–Crippen MR) is 96.3 cm³/mol. The van der Waals surface area contributed by atoms with E-state index < -0.39 is 0 Å². The quantitative estimate of drug-likeness (QED) is 0.631. The number of esters is 1. The van der Waals surface area contributed by atoms with Gasteiger partial charge in [-0.25, -0.2) is 9.48 Å². The second-order valence-electron chi connectivity index (χ2n) is 5.72. The zero-order valence-corrected chi connectivity index (χ0v) is 14.9. The molecule has 0 spiro atoms. The van der Waals surface area contributed by atoms with Gasteiger partial charge in [0.1, 0.15) is 4.88 Å². The van der Waals surface area contributed by atoms with Gasteiger partial charge >= 0.3 is 5.97 Å². The predicted octanol–water partition coefficient (Wildman–Crippen LogP) is 4.72. The fourth-order valence-corrected chi connectivity index (χ4v) is 3.14. The number of hydrogen-bond acceptors (Lipinski definition) is 4. The molecule has 0 aliphatic carbocycles. The highest BCUT2D eigenvalue weighted by atomic mass is 32.1. The number of hydrogen-bond donors (Lipinski definition) is 0. The first-order valence-corrected chi connectivity index (χ1v) is 8.89. The molecule has 3 aromatic rings. The minimum Gasteiger partial charge on any atom is -0.403 e. The van der Waals surface area contributed by atoms with Crippen molar-refractivity contribution in [3.8, 4) is 11.6 Å². The van der Waals surface area contributed by atoms with Crippen LogP contribution >= 0.6 is 11.3 Å². The molecule has 1 aromatic carbocycles. The topological polar surface area (TPSA) is 44.1 Å². The van der Waals surface area contributed by atoms with Gasteiger partial charge in [-0.1, -0.05) is 31.5 Å². The van der Waals surface area contributed by atoms with E-state index in [2.05, 4.69) is 31.9 Å². The molecule has 0 saturated carbocycles. The van der Waals surface area contributed by atoms with E-state index in [1.54, 1.807) is 10.7 Å². The van der Waals surface area contributed by atoms with Gasteiger partial charge in [-0.05, 0) is 48.9 Å². The number of rotatable bonds is 5. The molecule has 0 amide bonds. The summed E-state index contributed by atoms with van der Waals surface area (Å²) >= 11 is 1.37. The Bertz CT molecular complexity index is 850. The largest absolute Gasteiger partial charge is 0.403 e. The first-order chi connectivity index (χ1) is 11.6. The summed E-state index contributed by atoms with van der Waals surface area (Å²) in [6.45, 7) is 6.22. The lowest BCUT2D eigenvalue weighted by Gasteiger charge is -2.11. The second kappa shape index (κ2) is 7.01. The van der Waals surface area contributed by atoms with E-state index in [4.69, 9.17) is 4.74 Å². The third-order valence-electron chi connectivity index (χ3n) is 3.96. The zero-order chi connectivity index (χ0) is 17.1. The van der Waals surface area contributed by atoms with E-state index in [0.717, 1.165) is 29.8 Å². The minimum atomic E-state index is -0.348. The van der Waals surface area contributed by atoms with Crippen LogP contribution in [0.5, 0.6) is 5.88 Å². The summed E-state index contributed by atoms with van der Waals surface area (Å²) in [6, 6.07) is 11.5. The second-order valence-corrected chi connectivity index (χ2v) is 6.67. The van der Waals surface area contributed by atoms with Crippen LogP contribution in [-0.4, -0.2) is 15.7 Å². The van der Waals surface area contributed by atoms with Gasteiger partial charge in [0.2, 0.25) is 5.88 Å². The minimum absolute atomic E-state index is 0.348. The number of aryl methyl sites for hydroxylation is 2. The van der Waals surface area contributed by atoms with Crippen molar-refractivity contribution in [2.45, 2.75) is 33.6 Å². The molecule has 24 heavy (non-hydrogen) atoms. The van der Waals surface area contributed by atoms with Gasteiger partial charge in [0.15, 0.2) is 0 Å². The van der Waals surface area contributed by atoms with Crippen LogP contribution in [0, 0.1) is 13.8 Å². The fraction of sp³-hybridized carbons (Fsp3) is 0.263. The summed E-state index contributed by atoms with van der Waals surface area (Å²) in [5.74, 6) is 0.116. The normalized spacial score (nSPS) is 10.8. The molecule has 0 aliphatic rings. The van der Waals surface area contributed by atoms with Crippen LogP contribution in [-0.2, 0) is 6.42 Å². The Morgan fingerprint density at radius 2 is 2.08 bits per heavy atom. The van der Waals surface area contributed by atoms with Crippen LogP contribution in [0.2, 0.25) is 0 Å². The van der Waals surface area contributed by atoms with Crippen molar-refractivity contribution in [3.05, 3.63) is 63.5 Å². The number of carbonyl (C=O) groups is 1. The molecule has 0 unspecified atom stereocenters. The lowest BCUT2D eigenvalue weighted by molar-refractivity contribution is 0.0728. The lowest BCUT2D eigenvalue weighted by Crippen LogP contribution is -2.11. The Morgan fingerprint density at radius 3 is 2.79 bits per heavy atom. The average Bonchev–Trinajstić information content (AvgIpc) is 3.21. The summed E-state index contributed by atoms with van der Waals surface area (Å²) in [5, 5.41) is 6.51. The van der Waals surface area contributed by atoms with Crippen LogP contribution in [0.25, 0.3) is 5.69 Å². The Balaban J connectivity index is 2.01. The maximum absolute atomic E-state index is 12.3. The highest BCUT2D eigenvalue weighted by Crippen LogP contribution is 2.25. The van der Waals surface area contributed by atoms with Crippen molar-refractivity contribution < 1.29 is 9.53 Å². The van der Waals surface area contributed by atoms with E-state index in [1.165, 1.54) is 16.9 Å². The SMILES string of the molecule is CCCc1cc(OC(=O)c2cccs2)n(-c2cccc(C)c2C)n1. The fourth-order valence-electron chi connectivity index (χ4n) is 2.54. The molecular formula is C19H20N2O2S. The number of benzene rings is 1. The van der Waals surface area contributed by atoms with Crippen LogP contribution in [0.3, 0.4) is 0 Å². The van der Waals surface area contributed by atoms with Gasteiger partial charge < -0.3 is 4.74 Å². The average molecular weight is 340 g/mol. The van der Waals surface area contributed by atoms with Crippen molar-refractivity contribution in [1.82, 2.24) is 9.78 Å². The zero-order valence-electron chi connectivity index (χ0n) is 14.1. The number of carbonyl (C=O) groups excluding carboxylic acids is 1. The van der Waals surface area contributed by atoms with Crippen LogP contribution < -0.4 is 4.74 Å². The summed E-state index contributed by atoms with van der Waals surface area (Å²) in [6.07, 6.45) is 1.84. The van der Waals surface area contributed by atoms with Crippen molar-refractivity contribution in [2.75, 3.05) is 0 Å². The van der Waals surface area contributed by atoms with Gasteiger partial charge in [0.25, 0.3) is 0 Å². The Morgan fingerprint density at radius 1 is 1.25 bits per heavy atom. The first kappa shape index (κ1) is 16.5. The third kappa shape index (κ3) is 3.26. The monoisotopic (exact) mass is 340 g/mol. The Kier molecular flexibility index (Phi) is 4.81. The van der Waals surface area contributed by atoms with Gasteiger partial charge in [-0.3, -0.25) is 0 Å². The number of aromatic nitrogens is 2. The molecule has 124 valence electrons. The maximum atomic E-state index is 12.3. The summed E-state index contributed by atoms with van der Waals surface area (Å²) in [4.78, 5) is 12.9. The molecule has 5 heteroatoms. The van der Waals surface area contributed by atoms with Gasteiger partial charge in [0.05, 0.1) is 11.4 Å². The maximum Gasteiger partial charge on any atom is 0.355 e. The first-order valence-electron chi connectivity index (χ1n) is 8.01. The summed E-state index contributed by atoms with van der Waals surface area (Å²) in [7, 11) is 0. The molecule has 2 heterocycles. The highest BCUT2D eigenvalue weighted by molar-refractivity contribution is 7.12. The van der Waals surface area contributed by atoms with Crippen molar-refractivity contribution in [1.29, 1.82) is 0 Å². The molecule has 0 saturated heterocycles. The Labute approximate surface area is 145 Å². The Hall–Kier alpha value is -2.40. The summed E-state index contributed by atoms with van der Waals surface area (Å²) in [5.41, 5.74) is 4.16. The molecule has 0 bridgehead atoms. The highest BCUT2D eigenvalue weighted by Gasteiger charge is 2.17. The van der Waals surface area contributed by atoms with Gasteiger partial charge in [0, 0.05) is 6.07 Å². The molecule has 0 N–H and O–H groups in total. The van der Waals surface area contributed by atoms with E-state index in [9.17, 15) is 4.79 Å². The van der Waals surface area contributed by atoms with E-state index in [-0.39, 0.29) is 5.97 Å². The third-order valence-corrected chi connectivity index (χ3v) is 4.81. The van der Waals surface area contributed by atoms with E-state index in [1.807, 2.05) is 29.6 Å².